The Kier molecular flexibility index (Phi) is 3.54. The summed E-state index contributed by atoms with van der Waals surface area (Å²) in [6, 6.07) is 8.26. The molecule has 0 bridgehead atoms. The van der Waals surface area contributed by atoms with Crippen molar-refractivity contribution in [3.8, 4) is 11.8 Å². The fourth-order valence-electron chi connectivity index (χ4n) is 3.71. The zero-order chi connectivity index (χ0) is 14.1. The molecule has 3 unspecified atom stereocenters. The zero-order valence-electron chi connectivity index (χ0n) is 11.9. The van der Waals surface area contributed by atoms with Crippen molar-refractivity contribution in [3.05, 3.63) is 23.8 Å². The van der Waals surface area contributed by atoms with Crippen molar-refractivity contribution in [2.75, 3.05) is 25.1 Å². The van der Waals surface area contributed by atoms with Gasteiger partial charge in [0.15, 0.2) is 0 Å². The molecule has 1 aliphatic heterocycles. The minimum Gasteiger partial charge on any atom is -0.497 e. The van der Waals surface area contributed by atoms with Crippen LogP contribution in [0.3, 0.4) is 0 Å². The lowest BCUT2D eigenvalue weighted by Gasteiger charge is -2.29. The van der Waals surface area contributed by atoms with E-state index < -0.39 is 0 Å². The van der Waals surface area contributed by atoms with E-state index in [0.717, 1.165) is 36.5 Å². The molecule has 3 atom stereocenters. The molecule has 1 aliphatic carbocycles. The summed E-state index contributed by atoms with van der Waals surface area (Å²) in [5.41, 5.74) is 7.98. The van der Waals surface area contributed by atoms with E-state index in [2.05, 4.69) is 11.0 Å². The average Bonchev–Trinajstić information content (AvgIpc) is 2.92. The second-order valence-electron chi connectivity index (χ2n) is 5.92. The number of nitrogens with two attached hydrogens (primary N) is 1. The van der Waals surface area contributed by atoms with E-state index in [0.29, 0.717) is 17.9 Å². The molecule has 0 spiro atoms. The molecule has 0 radical (unpaired) electrons. The van der Waals surface area contributed by atoms with Crippen LogP contribution in [0, 0.1) is 23.2 Å². The van der Waals surface area contributed by atoms with Crippen molar-refractivity contribution in [2.45, 2.75) is 25.3 Å². The standard InChI is InChI=1S/C16H21N3O/c1-20-13-6-5-11(8-17)16(7-13)19-9-12-3-2-4-15(18)14(12)10-19/h5-7,12,14-15H,2-4,9-10,18H2,1H3. The lowest BCUT2D eigenvalue weighted by atomic mass is 9.78. The Morgan fingerprint density at radius 1 is 1.35 bits per heavy atom. The smallest absolute Gasteiger partial charge is 0.121 e. The normalized spacial score (nSPS) is 28.9. The predicted octanol–water partition coefficient (Wildman–Crippen LogP) is 2.13. The number of nitriles is 1. The Labute approximate surface area is 120 Å². The van der Waals surface area contributed by atoms with Crippen molar-refractivity contribution < 1.29 is 4.74 Å². The minimum absolute atomic E-state index is 0.315. The van der Waals surface area contributed by atoms with Crippen LogP contribution in [0.4, 0.5) is 5.69 Å². The van der Waals surface area contributed by atoms with Gasteiger partial charge in [0.2, 0.25) is 0 Å². The van der Waals surface area contributed by atoms with E-state index in [1.807, 2.05) is 18.2 Å². The first kappa shape index (κ1) is 13.3. The number of ether oxygens (including phenoxy) is 1. The molecule has 1 aromatic rings. The van der Waals surface area contributed by atoms with Gasteiger partial charge in [-0.2, -0.15) is 5.26 Å². The van der Waals surface area contributed by atoms with E-state index >= 15 is 0 Å². The van der Waals surface area contributed by atoms with Gasteiger partial charge in [0.25, 0.3) is 0 Å². The van der Waals surface area contributed by atoms with Gasteiger partial charge in [-0.15, -0.1) is 0 Å². The number of nitrogens with zero attached hydrogens (tertiary/aromatic N) is 2. The summed E-state index contributed by atoms with van der Waals surface area (Å²) in [7, 11) is 1.66. The Balaban J connectivity index is 1.88. The SMILES string of the molecule is COc1ccc(C#N)c(N2CC3CCCC(N)C3C2)c1. The van der Waals surface area contributed by atoms with Gasteiger partial charge in [0.1, 0.15) is 11.8 Å². The Bertz CT molecular complexity index is 537. The number of benzene rings is 1. The molecule has 106 valence electrons. The third-order valence-corrected chi connectivity index (χ3v) is 4.82. The van der Waals surface area contributed by atoms with Gasteiger partial charge in [-0.05, 0) is 36.8 Å². The van der Waals surface area contributed by atoms with E-state index in [4.69, 9.17) is 10.5 Å². The van der Waals surface area contributed by atoms with Gasteiger partial charge in [-0.1, -0.05) is 6.42 Å². The average molecular weight is 271 g/mol. The van der Waals surface area contributed by atoms with Crippen LogP contribution < -0.4 is 15.4 Å². The van der Waals surface area contributed by atoms with Crippen molar-refractivity contribution in [3.63, 3.8) is 0 Å². The quantitative estimate of drug-likeness (QED) is 0.895. The molecule has 20 heavy (non-hydrogen) atoms. The molecule has 4 heteroatoms. The van der Waals surface area contributed by atoms with Gasteiger partial charge < -0.3 is 15.4 Å². The lowest BCUT2D eigenvalue weighted by Crippen LogP contribution is -2.38. The minimum atomic E-state index is 0.315. The highest BCUT2D eigenvalue weighted by Gasteiger charge is 2.39. The highest BCUT2D eigenvalue weighted by Crippen LogP contribution is 2.39. The topological polar surface area (TPSA) is 62.3 Å². The van der Waals surface area contributed by atoms with Crippen molar-refractivity contribution in [2.24, 2.45) is 17.6 Å². The molecule has 0 amide bonds. The third-order valence-electron chi connectivity index (χ3n) is 4.82. The number of hydrogen-bond acceptors (Lipinski definition) is 4. The van der Waals surface area contributed by atoms with Gasteiger partial charge in [0, 0.05) is 25.2 Å². The molecule has 2 N–H and O–H groups in total. The van der Waals surface area contributed by atoms with Crippen molar-refractivity contribution in [1.82, 2.24) is 0 Å². The molecule has 1 aromatic carbocycles. The lowest BCUT2D eigenvalue weighted by molar-refractivity contribution is 0.260. The number of methoxy groups -OCH3 is 1. The molecule has 0 aromatic heterocycles. The van der Waals surface area contributed by atoms with Crippen LogP contribution in [0.1, 0.15) is 24.8 Å². The van der Waals surface area contributed by atoms with Crippen LogP contribution in [0.2, 0.25) is 0 Å². The maximum atomic E-state index is 9.31. The van der Waals surface area contributed by atoms with Crippen molar-refractivity contribution >= 4 is 5.69 Å². The number of fused-ring (bicyclic) bond motifs is 1. The summed E-state index contributed by atoms with van der Waals surface area (Å²) < 4.78 is 5.29. The van der Waals surface area contributed by atoms with Crippen LogP contribution in [0.25, 0.3) is 0 Å². The second-order valence-corrected chi connectivity index (χ2v) is 5.92. The fraction of sp³-hybridized carbons (Fsp3) is 0.562. The Hall–Kier alpha value is -1.73. The summed E-state index contributed by atoms with van der Waals surface area (Å²) in [4.78, 5) is 2.32. The van der Waals surface area contributed by atoms with E-state index in [9.17, 15) is 5.26 Å². The molecule has 1 saturated carbocycles. The first-order valence-electron chi connectivity index (χ1n) is 7.31. The highest BCUT2D eigenvalue weighted by molar-refractivity contribution is 5.62. The second kappa shape index (κ2) is 5.34. The van der Waals surface area contributed by atoms with Gasteiger partial charge in [-0.25, -0.2) is 0 Å². The van der Waals surface area contributed by atoms with Crippen LogP contribution in [0.15, 0.2) is 18.2 Å². The first-order valence-corrected chi connectivity index (χ1v) is 7.31. The number of rotatable bonds is 2. The third kappa shape index (κ3) is 2.23. The fourth-order valence-corrected chi connectivity index (χ4v) is 3.71. The molecule has 2 aliphatic rings. The van der Waals surface area contributed by atoms with Gasteiger partial charge in [-0.3, -0.25) is 0 Å². The summed E-state index contributed by atoms with van der Waals surface area (Å²) >= 11 is 0. The molecule has 2 fully saturated rings. The Morgan fingerprint density at radius 2 is 2.20 bits per heavy atom. The maximum Gasteiger partial charge on any atom is 0.121 e. The van der Waals surface area contributed by atoms with Crippen LogP contribution in [0.5, 0.6) is 5.75 Å². The van der Waals surface area contributed by atoms with E-state index in [1.165, 1.54) is 12.8 Å². The largest absolute Gasteiger partial charge is 0.497 e. The molecule has 1 heterocycles. The highest BCUT2D eigenvalue weighted by atomic mass is 16.5. The summed E-state index contributed by atoms with van der Waals surface area (Å²) in [5.74, 6) is 2.05. The zero-order valence-corrected chi connectivity index (χ0v) is 11.9. The van der Waals surface area contributed by atoms with Crippen LogP contribution in [-0.4, -0.2) is 26.2 Å². The van der Waals surface area contributed by atoms with Gasteiger partial charge in [0.05, 0.1) is 18.4 Å². The van der Waals surface area contributed by atoms with Crippen molar-refractivity contribution in [1.29, 1.82) is 5.26 Å². The molecular formula is C16H21N3O. The van der Waals surface area contributed by atoms with Gasteiger partial charge >= 0.3 is 0 Å². The van der Waals surface area contributed by atoms with E-state index in [1.54, 1.807) is 7.11 Å². The maximum absolute atomic E-state index is 9.31. The molecular weight excluding hydrogens is 250 g/mol. The van der Waals surface area contributed by atoms with Crippen LogP contribution in [-0.2, 0) is 0 Å². The van der Waals surface area contributed by atoms with Crippen LogP contribution >= 0.6 is 0 Å². The monoisotopic (exact) mass is 271 g/mol. The summed E-state index contributed by atoms with van der Waals surface area (Å²) in [6.45, 7) is 1.98. The molecule has 4 nitrogen and oxygen atoms in total. The number of hydrogen-bond donors (Lipinski definition) is 1. The first-order chi connectivity index (χ1) is 9.72. The number of anilines is 1. The predicted molar refractivity (Wildman–Crippen MR) is 78.7 cm³/mol. The Morgan fingerprint density at radius 3 is 2.90 bits per heavy atom. The summed E-state index contributed by atoms with van der Waals surface area (Å²) in [5, 5.41) is 9.31. The summed E-state index contributed by atoms with van der Waals surface area (Å²) in [6.07, 6.45) is 3.64. The van der Waals surface area contributed by atoms with E-state index in [-0.39, 0.29) is 0 Å². The molecule has 1 saturated heterocycles. The molecule has 3 rings (SSSR count).